The van der Waals surface area contributed by atoms with Gasteiger partial charge in [0.1, 0.15) is 23.9 Å². The Kier molecular flexibility index (Phi) is 7.38. The van der Waals surface area contributed by atoms with E-state index < -0.39 is 106 Å². The van der Waals surface area contributed by atoms with Crippen LogP contribution in [-0.2, 0) is 47.7 Å². The maximum absolute atomic E-state index is 14.6. The molecule has 6 rings (SSSR count). The Morgan fingerprint density at radius 1 is 1.05 bits per heavy atom. The van der Waals surface area contributed by atoms with Gasteiger partial charge in [-0.1, -0.05) is 27.7 Å². The second-order valence-corrected chi connectivity index (χ2v) is 13.7. The number of hydrogen-bond acceptors (Lipinski definition) is 13. The van der Waals surface area contributed by atoms with Crippen molar-refractivity contribution in [3.05, 3.63) is 24.2 Å². The van der Waals surface area contributed by atoms with E-state index in [0.29, 0.717) is 5.56 Å². The molecule has 1 spiro atoms. The van der Waals surface area contributed by atoms with Gasteiger partial charge in [0.15, 0.2) is 17.5 Å². The Morgan fingerprint density at radius 3 is 2.23 bits per heavy atom. The molecule has 0 aromatic carbocycles. The van der Waals surface area contributed by atoms with E-state index in [1.54, 1.807) is 33.8 Å². The molecular weight excluding hydrogens is 580 g/mol. The van der Waals surface area contributed by atoms with Crippen LogP contribution in [0.3, 0.4) is 0 Å². The molecule has 2 N–H and O–H groups in total. The van der Waals surface area contributed by atoms with Gasteiger partial charge in [-0.25, -0.2) is 0 Å². The van der Waals surface area contributed by atoms with Gasteiger partial charge in [0.25, 0.3) is 0 Å². The van der Waals surface area contributed by atoms with E-state index in [2.05, 4.69) is 0 Å². The number of ketones is 1. The molecular formula is C31H40O13. The lowest BCUT2D eigenvalue weighted by atomic mass is 9.42. The number of hydrogen-bond donors (Lipinski definition) is 2. The summed E-state index contributed by atoms with van der Waals surface area (Å²) in [7, 11) is 1.20. The van der Waals surface area contributed by atoms with Gasteiger partial charge in [-0.3, -0.25) is 24.0 Å². The van der Waals surface area contributed by atoms with Crippen molar-refractivity contribution in [2.45, 2.75) is 103 Å². The molecule has 0 amide bonds. The maximum atomic E-state index is 14.6. The number of carbonyl (C=O) groups is 5. The number of rotatable bonds is 5. The SMILES string of the molecule is COC(=O)C[C@H]1C(C)(C)[C@H](OC(C)=O)[C@H](OC(C)=O)[C@@H]2O[C@]34CC(=O)O[C@@H](c5ccoc5)[C@]3(C)[C@@H](O)[C@@H](C(=O)[C@]4(C)O)[C@@]21C. The van der Waals surface area contributed by atoms with Crippen LogP contribution in [0, 0.1) is 28.1 Å². The van der Waals surface area contributed by atoms with Gasteiger partial charge in [-0.15, -0.1) is 0 Å². The summed E-state index contributed by atoms with van der Waals surface area (Å²) in [5.74, 6) is -6.13. The number of esters is 4. The molecule has 13 heteroatoms. The summed E-state index contributed by atoms with van der Waals surface area (Å²) in [5, 5.41) is 24.8. The fraction of sp³-hybridized carbons (Fsp3) is 0.710. The average Bonchev–Trinajstić information content (AvgIpc) is 3.43. The summed E-state index contributed by atoms with van der Waals surface area (Å²) < 4.78 is 34.7. The van der Waals surface area contributed by atoms with Crippen molar-refractivity contribution < 1.29 is 62.3 Å². The van der Waals surface area contributed by atoms with Gasteiger partial charge in [0.2, 0.25) is 0 Å². The van der Waals surface area contributed by atoms with E-state index >= 15 is 0 Å². The minimum absolute atomic E-state index is 0.312. The van der Waals surface area contributed by atoms with Crippen molar-refractivity contribution in [1.82, 2.24) is 0 Å². The summed E-state index contributed by atoms with van der Waals surface area (Å²) in [5.41, 5.74) is -8.67. The molecule has 4 heterocycles. The van der Waals surface area contributed by atoms with E-state index in [1.807, 2.05) is 0 Å². The lowest BCUT2D eigenvalue weighted by molar-refractivity contribution is -0.326. The second kappa shape index (κ2) is 10.1. The number of fused-ring (bicyclic) bond motifs is 1. The molecule has 2 bridgehead atoms. The minimum Gasteiger partial charge on any atom is -0.472 e. The Bertz CT molecular complexity index is 1380. The van der Waals surface area contributed by atoms with Crippen LogP contribution in [0.1, 0.15) is 73.0 Å². The van der Waals surface area contributed by atoms with Gasteiger partial charge < -0.3 is 38.3 Å². The predicted molar refractivity (Wildman–Crippen MR) is 146 cm³/mol. The summed E-state index contributed by atoms with van der Waals surface area (Å²) >= 11 is 0. The standard InChI is InChI=1S/C31H40O13/c1-14(32)41-21-25(42-15(2)33)27(3,4)17(11-18(34)39-8)28(5)20-22(36)29(6)24(16-9-10-40-13-16)43-19(35)12-31(29,44-26(21)28)30(7,38)23(20)37/h9-10,13,17,20-22,24-26,36,38H,11-12H2,1-8H3/t17-,20-,21-,22-,24-,25+,26-,28-,29-,30-,31+/m0/s1. The summed E-state index contributed by atoms with van der Waals surface area (Å²) in [6, 6.07) is 1.54. The molecule has 242 valence electrons. The van der Waals surface area contributed by atoms with Gasteiger partial charge in [0.05, 0.1) is 43.5 Å². The molecule has 3 saturated heterocycles. The molecule has 2 aliphatic carbocycles. The van der Waals surface area contributed by atoms with Crippen LogP contribution in [0.15, 0.2) is 23.0 Å². The zero-order valence-electron chi connectivity index (χ0n) is 26.1. The van der Waals surface area contributed by atoms with Crippen LogP contribution in [0.2, 0.25) is 0 Å². The third kappa shape index (κ3) is 3.97. The highest BCUT2D eigenvalue weighted by atomic mass is 16.6. The maximum Gasteiger partial charge on any atom is 0.309 e. The number of cyclic esters (lactones) is 1. The number of aliphatic hydroxyl groups is 2. The molecule has 5 fully saturated rings. The summed E-state index contributed by atoms with van der Waals surface area (Å²) in [4.78, 5) is 66.1. The topological polar surface area (TPSA) is 185 Å². The molecule has 0 radical (unpaired) electrons. The van der Waals surface area contributed by atoms with Gasteiger partial charge in [0, 0.05) is 36.7 Å². The normalized spacial score (nSPS) is 44.0. The van der Waals surface area contributed by atoms with Crippen molar-refractivity contribution in [3.8, 4) is 0 Å². The number of methoxy groups -OCH3 is 1. The molecule has 0 unspecified atom stereocenters. The Balaban J connectivity index is 1.87. The van der Waals surface area contributed by atoms with Crippen molar-refractivity contribution >= 4 is 29.7 Å². The first-order valence-corrected chi connectivity index (χ1v) is 14.6. The van der Waals surface area contributed by atoms with E-state index in [4.69, 9.17) is 28.1 Å². The Morgan fingerprint density at radius 2 is 1.68 bits per heavy atom. The van der Waals surface area contributed by atoms with Gasteiger partial charge in [-0.2, -0.15) is 0 Å². The first-order chi connectivity index (χ1) is 20.3. The second-order valence-electron chi connectivity index (χ2n) is 13.7. The molecule has 3 aliphatic heterocycles. The lowest BCUT2D eigenvalue weighted by Crippen LogP contribution is -2.78. The van der Waals surface area contributed by atoms with E-state index in [9.17, 15) is 34.2 Å². The molecule has 11 atom stereocenters. The summed E-state index contributed by atoms with van der Waals surface area (Å²) in [6.45, 7) is 10.2. The summed E-state index contributed by atoms with van der Waals surface area (Å²) in [6.07, 6.45) is -5.12. The third-order valence-corrected chi connectivity index (χ3v) is 11.2. The first-order valence-electron chi connectivity index (χ1n) is 14.6. The molecule has 44 heavy (non-hydrogen) atoms. The van der Waals surface area contributed by atoms with Crippen molar-refractivity contribution in [2.75, 3.05) is 7.11 Å². The van der Waals surface area contributed by atoms with Crippen LogP contribution in [-0.4, -0.2) is 82.6 Å². The fourth-order valence-electron chi connectivity index (χ4n) is 9.11. The highest BCUT2D eigenvalue weighted by molar-refractivity contribution is 5.95. The Labute approximate surface area is 254 Å². The van der Waals surface area contributed by atoms with Crippen LogP contribution < -0.4 is 0 Å². The van der Waals surface area contributed by atoms with Crippen molar-refractivity contribution in [2.24, 2.45) is 28.1 Å². The number of Topliss-reactive ketones (excluding diaryl/α,β-unsaturated/α-hetero) is 1. The number of carbonyl (C=O) groups excluding carboxylic acids is 5. The first kappa shape index (κ1) is 32.1. The molecule has 1 aromatic rings. The quantitative estimate of drug-likeness (QED) is 0.359. The predicted octanol–water partition coefficient (Wildman–Crippen LogP) is 1.81. The zero-order valence-corrected chi connectivity index (χ0v) is 26.1. The highest BCUT2D eigenvalue weighted by Gasteiger charge is 2.84. The number of furan rings is 1. The lowest BCUT2D eigenvalue weighted by Gasteiger charge is -2.63. The van der Waals surface area contributed by atoms with Crippen molar-refractivity contribution in [1.29, 1.82) is 0 Å². The van der Waals surface area contributed by atoms with E-state index in [0.717, 1.165) is 6.92 Å². The number of ether oxygens (including phenoxy) is 5. The Hall–Kier alpha value is -3.29. The monoisotopic (exact) mass is 620 g/mol. The van der Waals surface area contributed by atoms with Crippen LogP contribution in [0.25, 0.3) is 0 Å². The molecule has 13 nitrogen and oxygen atoms in total. The zero-order chi connectivity index (χ0) is 32.8. The molecule has 5 aliphatic rings. The third-order valence-electron chi connectivity index (χ3n) is 11.2. The highest BCUT2D eigenvalue weighted by Crippen LogP contribution is 2.72. The van der Waals surface area contributed by atoms with Crippen LogP contribution in [0.5, 0.6) is 0 Å². The van der Waals surface area contributed by atoms with E-state index in [-0.39, 0.29) is 6.42 Å². The fourth-order valence-corrected chi connectivity index (χ4v) is 9.11. The van der Waals surface area contributed by atoms with Crippen molar-refractivity contribution in [3.63, 3.8) is 0 Å². The molecule has 1 aromatic heterocycles. The van der Waals surface area contributed by atoms with Gasteiger partial charge in [-0.05, 0) is 18.9 Å². The van der Waals surface area contributed by atoms with Gasteiger partial charge >= 0.3 is 23.9 Å². The van der Waals surface area contributed by atoms with Crippen LogP contribution in [0.4, 0.5) is 0 Å². The minimum atomic E-state index is -2.40. The smallest absolute Gasteiger partial charge is 0.309 e. The average molecular weight is 621 g/mol. The number of aliphatic hydroxyl groups excluding tert-OH is 1. The molecule has 2 saturated carbocycles. The van der Waals surface area contributed by atoms with E-state index in [1.165, 1.54) is 33.5 Å². The van der Waals surface area contributed by atoms with Crippen LogP contribution >= 0.6 is 0 Å². The largest absolute Gasteiger partial charge is 0.472 e.